The molecule has 2 nitrogen and oxygen atoms in total. The number of nitrogens with one attached hydrogen (secondary N) is 1. The number of aliphatic hydroxyl groups excluding tert-OH is 1. The van der Waals surface area contributed by atoms with Crippen molar-refractivity contribution >= 4 is 0 Å². The lowest BCUT2D eigenvalue weighted by molar-refractivity contribution is -0.0153. The van der Waals surface area contributed by atoms with Crippen LogP contribution < -0.4 is 5.32 Å². The Labute approximate surface area is 118 Å². The summed E-state index contributed by atoms with van der Waals surface area (Å²) in [4.78, 5) is 0. The van der Waals surface area contributed by atoms with Crippen molar-refractivity contribution in [3.63, 3.8) is 0 Å². The van der Waals surface area contributed by atoms with Crippen LogP contribution in [0.2, 0.25) is 0 Å². The molecule has 3 aliphatic rings. The Kier molecular flexibility index (Phi) is 4.19. The van der Waals surface area contributed by atoms with Gasteiger partial charge in [-0.25, -0.2) is 0 Å². The summed E-state index contributed by atoms with van der Waals surface area (Å²) in [6.45, 7) is 1.16. The minimum atomic E-state index is 0.0306. The van der Waals surface area contributed by atoms with Gasteiger partial charge in [-0.05, 0) is 81.7 Å². The van der Waals surface area contributed by atoms with E-state index in [2.05, 4.69) is 12.4 Å². The van der Waals surface area contributed by atoms with Crippen LogP contribution in [0.4, 0.5) is 0 Å². The van der Waals surface area contributed by atoms with Crippen LogP contribution in [-0.2, 0) is 0 Å². The molecule has 110 valence electrons. The van der Waals surface area contributed by atoms with Crippen LogP contribution in [0, 0.1) is 23.2 Å². The van der Waals surface area contributed by atoms with Crippen molar-refractivity contribution in [3.8, 4) is 0 Å². The highest BCUT2D eigenvalue weighted by Gasteiger charge is 2.53. The van der Waals surface area contributed by atoms with E-state index in [4.69, 9.17) is 0 Å². The van der Waals surface area contributed by atoms with E-state index >= 15 is 0 Å². The number of rotatable bonds is 3. The number of aliphatic hydroxyl groups is 1. The van der Waals surface area contributed by atoms with Gasteiger partial charge >= 0.3 is 0 Å². The fourth-order valence-corrected chi connectivity index (χ4v) is 5.39. The molecule has 0 saturated heterocycles. The minimum absolute atomic E-state index is 0.0306. The maximum absolute atomic E-state index is 10.8. The molecule has 0 heterocycles. The van der Waals surface area contributed by atoms with Gasteiger partial charge in [0.15, 0.2) is 0 Å². The van der Waals surface area contributed by atoms with Crippen LogP contribution in [0.25, 0.3) is 0 Å². The molecule has 3 atom stereocenters. The molecule has 2 heteroatoms. The van der Waals surface area contributed by atoms with Crippen molar-refractivity contribution in [2.45, 2.75) is 70.3 Å². The summed E-state index contributed by atoms with van der Waals surface area (Å²) in [7, 11) is 2.05. The second-order valence-corrected chi connectivity index (χ2v) is 7.56. The molecule has 3 aliphatic carbocycles. The highest BCUT2D eigenvalue weighted by molar-refractivity contribution is 5.03. The smallest absolute Gasteiger partial charge is 0.0627 e. The molecule has 3 unspecified atom stereocenters. The first kappa shape index (κ1) is 13.9. The molecular weight excluding hydrogens is 234 g/mol. The summed E-state index contributed by atoms with van der Waals surface area (Å²) in [6.07, 6.45) is 13.5. The van der Waals surface area contributed by atoms with E-state index < -0.39 is 0 Å². The van der Waals surface area contributed by atoms with Gasteiger partial charge in [0.2, 0.25) is 0 Å². The quantitative estimate of drug-likeness (QED) is 0.820. The molecule has 0 bridgehead atoms. The Morgan fingerprint density at radius 3 is 2.53 bits per heavy atom. The van der Waals surface area contributed by atoms with Crippen molar-refractivity contribution in [2.75, 3.05) is 13.6 Å². The fourth-order valence-electron chi connectivity index (χ4n) is 5.39. The standard InChI is InChI=1S/C17H31NO/c1-18-11-8-13-6-9-17(10-7-13)12-14-4-2-3-5-15(14)16(17)19/h13-16,18-19H,2-12H2,1H3. The lowest BCUT2D eigenvalue weighted by Crippen LogP contribution is -2.37. The van der Waals surface area contributed by atoms with E-state index in [0.29, 0.717) is 11.3 Å². The molecule has 0 aromatic carbocycles. The molecule has 1 spiro atoms. The van der Waals surface area contributed by atoms with E-state index in [1.54, 1.807) is 0 Å². The predicted molar refractivity (Wildman–Crippen MR) is 79.0 cm³/mol. The van der Waals surface area contributed by atoms with Crippen LogP contribution in [-0.4, -0.2) is 24.8 Å². The minimum Gasteiger partial charge on any atom is -0.392 e. The summed E-state index contributed by atoms with van der Waals surface area (Å²) in [6, 6.07) is 0. The molecule has 0 aliphatic heterocycles. The van der Waals surface area contributed by atoms with Crippen LogP contribution >= 0.6 is 0 Å². The zero-order valence-corrected chi connectivity index (χ0v) is 12.5. The van der Waals surface area contributed by atoms with Gasteiger partial charge in [0.05, 0.1) is 6.10 Å². The van der Waals surface area contributed by atoms with Crippen LogP contribution in [0.15, 0.2) is 0 Å². The summed E-state index contributed by atoms with van der Waals surface area (Å²) in [5.41, 5.74) is 0.329. The first-order valence-corrected chi connectivity index (χ1v) is 8.58. The van der Waals surface area contributed by atoms with Gasteiger partial charge in [-0.3, -0.25) is 0 Å². The van der Waals surface area contributed by atoms with Crippen LogP contribution in [0.1, 0.15) is 64.2 Å². The van der Waals surface area contributed by atoms with Crippen molar-refractivity contribution in [1.82, 2.24) is 5.32 Å². The van der Waals surface area contributed by atoms with E-state index in [0.717, 1.165) is 18.4 Å². The third-order valence-electron chi connectivity index (χ3n) is 6.57. The first-order valence-electron chi connectivity index (χ1n) is 8.58. The number of fused-ring (bicyclic) bond motifs is 1. The Morgan fingerprint density at radius 1 is 1.11 bits per heavy atom. The molecule has 3 fully saturated rings. The Hall–Kier alpha value is -0.0800. The maximum atomic E-state index is 10.8. The largest absolute Gasteiger partial charge is 0.392 e. The van der Waals surface area contributed by atoms with E-state index in [9.17, 15) is 5.11 Å². The van der Waals surface area contributed by atoms with Crippen LogP contribution in [0.5, 0.6) is 0 Å². The van der Waals surface area contributed by atoms with Crippen molar-refractivity contribution in [1.29, 1.82) is 0 Å². The Morgan fingerprint density at radius 2 is 1.84 bits per heavy atom. The fraction of sp³-hybridized carbons (Fsp3) is 1.00. The summed E-state index contributed by atoms with van der Waals surface area (Å²) in [5.74, 6) is 2.42. The highest BCUT2D eigenvalue weighted by atomic mass is 16.3. The van der Waals surface area contributed by atoms with Crippen LogP contribution in [0.3, 0.4) is 0 Å². The average molecular weight is 265 g/mol. The van der Waals surface area contributed by atoms with Gasteiger partial charge in [0.1, 0.15) is 0 Å². The molecule has 0 amide bonds. The van der Waals surface area contributed by atoms with Crippen molar-refractivity contribution < 1.29 is 5.11 Å². The predicted octanol–water partition coefficient (Wildman–Crippen LogP) is 3.34. The number of hydrogen-bond acceptors (Lipinski definition) is 2. The molecule has 3 saturated carbocycles. The lowest BCUT2D eigenvalue weighted by atomic mass is 9.67. The zero-order chi connectivity index (χ0) is 13.3. The molecule has 0 radical (unpaired) electrons. The van der Waals surface area contributed by atoms with Gasteiger partial charge in [-0.1, -0.05) is 19.3 Å². The first-order chi connectivity index (χ1) is 9.25. The zero-order valence-electron chi connectivity index (χ0n) is 12.5. The SMILES string of the molecule is CNCCC1CCC2(CC1)CC1CCCCC1C2O. The molecule has 19 heavy (non-hydrogen) atoms. The average Bonchev–Trinajstić information content (AvgIpc) is 2.72. The molecule has 3 rings (SSSR count). The van der Waals surface area contributed by atoms with E-state index in [-0.39, 0.29) is 6.10 Å². The molecule has 0 aromatic heterocycles. The van der Waals surface area contributed by atoms with E-state index in [1.165, 1.54) is 64.2 Å². The Balaban J connectivity index is 1.60. The van der Waals surface area contributed by atoms with E-state index in [1.807, 2.05) is 0 Å². The highest BCUT2D eigenvalue weighted by Crippen LogP contribution is 2.58. The second-order valence-electron chi connectivity index (χ2n) is 7.56. The maximum Gasteiger partial charge on any atom is 0.0627 e. The van der Waals surface area contributed by atoms with Gasteiger partial charge in [-0.15, -0.1) is 0 Å². The monoisotopic (exact) mass is 265 g/mol. The summed E-state index contributed by atoms with van der Waals surface area (Å²) >= 11 is 0. The third-order valence-corrected chi connectivity index (χ3v) is 6.57. The molecule has 2 N–H and O–H groups in total. The Bertz CT molecular complexity index is 296. The van der Waals surface area contributed by atoms with Gasteiger partial charge in [-0.2, -0.15) is 0 Å². The summed E-state index contributed by atoms with van der Waals surface area (Å²) < 4.78 is 0. The summed E-state index contributed by atoms with van der Waals surface area (Å²) in [5, 5.41) is 14.1. The molecular formula is C17H31NO. The molecule has 0 aromatic rings. The lowest BCUT2D eigenvalue weighted by Gasteiger charge is -2.40. The van der Waals surface area contributed by atoms with Gasteiger partial charge in [0.25, 0.3) is 0 Å². The van der Waals surface area contributed by atoms with Gasteiger partial charge in [0, 0.05) is 0 Å². The third kappa shape index (κ3) is 2.58. The topological polar surface area (TPSA) is 32.3 Å². The second kappa shape index (κ2) is 5.73. The van der Waals surface area contributed by atoms with Crippen molar-refractivity contribution in [3.05, 3.63) is 0 Å². The number of hydrogen-bond donors (Lipinski definition) is 2. The van der Waals surface area contributed by atoms with Gasteiger partial charge < -0.3 is 10.4 Å². The van der Waals surface area contributed by atoms with Crippen molar-refractivity contribution in [2.24, 2.45) is 23.2 Å². The normalized spacial score (nSPS) is 46.4.